The van der Waals surface area contributed by atoms with E-state index in [9.17, 15) is 9.59 Å². The molecule has 0 aliphatic carbocycles. The third-order valence-corrected chi connectivity index (χ3v) is 2.94. The molecule has 11 heteroatoms. The summed E-state index contributed by atoms with van der Waals surface area (Å²) in [7, 11) is 2.00. The largest absolute Gasteiger partial charge is 0.462 e. The van der Waals surface area contributed by atoms with Gasteiger partial charge in [0.15, 0.2) is 5.82 Å². The number of nitrogens with zero attached hydrogens (tertiary/aromatic N) is 2. The second kappa shape index (κ2) is 16.4. The molecule has 26 heavy (non-hydrogen) atoms. The SMILES string of the molecule is CC.CO.CO.NCC(=O)OCC1CCC(n2ccc(NO)nc2=O)O1. The van der Waals surface area contributed by atoms with Gasteiger partial charge in [0.05, 0.1) is 12.6 Å². The predicted octanol–water partition coefficient (Wildman–Crippen LogP) is -0.533. The molecule has 1 aliphatic rings. The Morgan fingerprint density at radius 2 is 2.00 bits per heavy atom. The van der Waals surface area contributed by atoms with Crippen molar-refractivity contribution in [2.45, 2.75) is 39.0 Å². The molecule has 0 radical (unpaired) electrons. The van der Waals surface area contributed by atoms with Crippen molar-refractivity contribution in [2.24, 2.45) is 5.73 Å². The van der Waals surface area contributed by atoms with Gasteiger partial charge in [0, 0.05) is 20.4 Å². The highest BCUT2D eigenvalue weighted by atomic mass is 16.6. The molecule has 1 aromatic heterocycles. The highest BCUT2D eigenvalue weighted by Crippen LogP contribution is 2.27. The van der Waals surface area contributed by atoms with E-state index in [0.717, 1.165) is 14.2 Å². The molecule has 1 saturated heterocycles. The first-order valence-corrected chi connectivity index (χ1v) is 8.04. The number of esters is 1. The molecule has 152 valence electrons. The van der Waals surface area contributed by atoms with Crippen LogP contribution in [0.3, 0.4) is 0 Å². The van der Waals surface area contributed by atoms with Gasteiger partial charge in [-0.05, 0) is 18.9 Å². The van der Waals surface area contributed by atoms with Gasteiger partial charge < -0.3 is 25.4 Å². The first kappa shape index (κ1) is 26.2. The number of aliphatic hydroxyl groups excluding tert-OH is 2. The minimum atomic E-state index is -0.534. The lowest BCUT2D eigenvalue weighted by atomic mass is 10.2. The van der Waals surface area contributed by atoms with Gasteiger partial charge in [-0.25, -0.2) is 4.79 Å². The van der Waals surface area contributed by atoms with Gasteiger partial charge in [-0.1, -0.05) is 13.8 Å². The second-order valence-electron chi connectivity index (χ2n) is 4.29. The van der Waals surface area contributed by atoms with Crippen LogP contribution in [0.2, 0.25) is 0 Å². The van der Waals surface area contributed by atoms with Crippen LogP contribution >= 0.6 is 0 Å². The van der Waals surface area contributed by atoms with E-state index >= 15 is 0 Å². The number of nitrogens with one attached hydrogen (secondary N) is 1. The molecule has 1 aromatic rings. The first-order chi connectivity index (χ1) is 12.6. The summed E-state index contributed by atoms with van der Waals surface area (Å²) < 4.78 is 11.8. The highest BCUT2D eigenvalue weighted by Gasteiger charge is 2.28. The molecule has 2 rings (SSSR count). The van der Waals surface area contributed by atoms with E-state index in [1.807, 2.05) is 13.8 Å². The Kier molecular flexibility index (Phi) is 16.5. The van der Waals surface area contributed by atoms with Crippen LogP contribution in [0, 0.1) is 0 Å². The van der Waals surface area contributed by atoms with Crippen LogP contribution in [-0.2, 0) is 14.3 Å². The molecule has 2 heterocycles. The normalized spacial score (nSPS) is 17.4. The Morgan fingerprint density at radius 1 is 1.38 bits per heavy atom. The van der Waals surface area contributed by atoms with E-state index in [4.69, 9.17) is 30.6 Å². The highest BCUT2D eigenvalue weighted by molar-refractivity contribution is 5.71. The van der Waals surface area contributed by atoms with Crippen molar-refractivity contribution >= 4 is 11.8 Å². The van der Waals surface area contributed by atoms with Crippen molar-refractivity contribution in [2.75, 3.05) is 32.9 Å². The van der Waals surface area contributed by atoms with E-state index in [1.54, 1.807) is 5.48 Å². The minimum Gasteiger partial charge on any atom is -0.462 e. The van der Waals surface area contributed by atoms with Crippen molar-refractivity contribution in [3.05, 3.63) is 22.7 Å². The maximum absolute atomic E-state index is 11.7. The fourth-order valence-corrected chi connectivity index (χ4v) is 1.95. The lowest BCUT2D eigenvalue weighted by Gasteiger charge is -2.15. The predicted molar refractivity (Wildman–Crippen MR) is 94.7 cm³/mol. The molecule has 0 amide bonds. The van der Waals surface area contributed by atoms with Gasteiger partial charge in [-0.15, -0.1) is 0 Å². The van der Waals surface area contributed by atoms with E-state index in [-0.39, 0.29) is 25.1 Å². The molecular weight excluding hydrogens is 348 g/mol. The Morgan fingerprint density at radius 3 is 2.50 bits per heavy atom. The molecule has 1 aliphatic heterocycles. The number of ether oxygens (including phenoxy) is 2. The molecule has 1 fully saturated rings. The number of hydrogen-bond donors (Lipinski definition) is 5. The summed E-state index contributed by atoms with van der Waals surface area (Å²) in [5.74, 6) is -0.424. The standard InChI is InChI=1S/C11H16N4O5.C2H6.2CH4O/c12-5-10(16)19-6-7-1-2-9(20-7)15-4-3-8(14-18)13-11(15)17;3*1-2/h3-4,7,9,18H,1-2,5-6,12H2,(H,13,14,17);1-2H3;2*2H,1H3. The van der Waals surface area contributed by atoms with Crippen molar-refractivity contribution in [1.29, 1.82) is 0 Å². The molecule has 6 N–H and O–H groups in total. The summed E-state index contributed by atoms with van der Waals surface area (Å²) in [5, 5.41) is 22.7. The summed E-state index contributed by atoms with van der Waals surface area (Å²) in [4.78, 5) is 26.3. The number of nitrogens with two attached hydrogens (primary N) is 1. The van der Waals surface area contributed by atoms with E-state index in [1.165, 1.54) is 16.8 Å². The molecule has 0 spiro atoms. The Hall–Kier alpha value is -2.05. The van der Waals surface area contributed by atoms with Gasteiger partial charge in [0.1, 0.15) is 12.8 Å². The molecule has 0 bridgehead atoms. The maximum Gasteiger partial charge on any atom is 0.351 e. The van der Waals surface area contributed by atoms with Crippen molar-refractivity contribution in [3.8, 4) is 0 Å². The summed E-state index contributed by atoms with van der Waals surface area (Å²) >= 11 is 0. The monoisotopic (exact) mass is 378 g/mol. The molecule has 2 atom stereocenters. The number of anilines is 1. The van der Waals surface area contributed by atoms with E-state index in [0.29, 0.717) is 12.8 Å². The summed E-state index contributed by atoms with van der Waals surface area (Å²) in [6.07, 6.45) is 2.03. The van der Waals surface area contributed by atoms with Gasteiger partial charge in [-0.2, -0.15) is 4.98 Å². The Bertz CT molecular complexity index is 539. The smallest absolute Gasteiger partial charge is 0.351 e. The van der Waals surface area contributed by atoms with E-state index < -0.39 is 17.9 Å². The van der Waals surface area contributed by atoms with Crippen LogP contribution in [0.5, 0.6) is 0 Å². The number of hydrogen-bond acceptors (Lipinski definition) is 10. The van der Waals surface area contributed by atoms with Crippen LogP contribution in [0.25, 0.3) is 0 Å². The molecule has 0 aromatic carbocycles. The quantitative estimate of drug-likeness (QED) is 0.331. The average molecular weight is 378 g/mol. The number of carbonyl (C=O) groups is 1. The van der Waals surface area contributed by atoms with Crippen molar-refractivity contribution < 1.29 is 29.7 Å². The Balaban J connectivity index is 0. The van der Waals surface area contributed by atoms with Gasteiger partial charge in [0.25, 0.3) is 0 Å². The lowest BCUT2D eigenvalue weighted by Crippen LogP contribution is -2.28. The van der Waals surface area contributed by atoms with E-state index in [2.05, 4.69) is 4.98 Å². The molecule has 11 nitrogen and oxygen atoms in total. The van der Waals surface area contributed by atoms with Gasteiger partial charge in [0.2, 0.25) is 0 Å². The number of carbonyl (C=O) groups excluding carboxylic acids is 1. The fourth-order valence-electron chi connectivity index (χ4n) is 1.95. The zero-order valence-corrected chi connectivity index (χ0v) is 15.6. The fraction of sp³-hybridized carbons (Fsp3) is 0.667. The number of aromatic nitrogens is 2. The number of rotatable bonds is 5. The van der Waals surface area contributed by atoms with Crippen LogP contribution in [0.4, 0.5) is 5.82 Å². The van der Waals surface area contributed by atoms with Crippen molar-refractivity contribution in [3.63, 3.8) is 0 Å². The topological polar surface area (TPSA) is 169 Å². The zero-order valence-electron chi connectivity index (χ0n) is 15.6. The molecular formula is C15H30N4O7. The third-order valence-electron chi connectivity index (χ3n) is 2.94. The number of aliphatic hydroxyl groups is 2. The summed E-state index contributed by atoms with van der Waals surface area (Å²) in [6, 6.07) is 1.45. The average Bonchev–Trinajstić information content (AvgIpc) is 3.19. The van der Waals surface area contributed by atoms with Crippen LogP contribution in [0.1, 0.15) is 32.9 Å². The van der Waals surface area contributed by atoms with Crippen molar-refractivity contribution in [1.82, 2.24) is 9.55 Å². The lowest BCUT2D eigenvalue weighted by molar-refractivity contribution is -0.146. The Labute approximate surface area is 152 Å². The third kappa shape index (κ3) is 8.87. The van der Waals surface area contributed by atoms with Gasteiger partial charge >= 0.3 is 11.7 Å². The first-order valence-electron chi connectivity index (χ1n) is 8.04. The maximum atomic E-state index is 11.7. The molecule has 0 saturated carbocycles. The zero-order chi connectivity index (χ0) is 20.5. The molecule has 2 unspecified atom stereocenters. The van der Waals surface area contributed by atoms with Crippen LogP contribution in [0.15, 0.2) is 17.1 Å². The summed E-state index contributed by atoms with van der Waals surface area (Å²) in [5.41, 5.74) is 6.39. The minimum absolute atomic E-state index is 0.0673. The second-order valence-corrected chi connectivity index (χ2v) is 4.29. The van der Waals surface area contributed by atoms with Gasteiger partial charge in [-0.3, -0.25) is 20.0 Å². The van der Waals surface area contributed by atoms with Crippen LogP contribution < -0.4 is 16.9 Å². The van der Waals surface area contributed by atoms with Crippen LogP contribution in [-0.4, -0.2) is 64.4 Å². The summed E-state index contributed by atoms with van der Waals surface area (Å²) in [6.45, 7) is 3.94.